The number of hydrogen-bond donors (Lipinski definition) is 1. The highest BCUT2D eigenvalue weighted by molar-refractivity contribution is 7.16. The number of thiophene rings is 2. The summed E-state index contributed by atoms with van der Waals surface area (Å²) in [4.78, 5) is 27.1. The highest BCUT2D eigenvalue weighted by Gasteiger charge is 2.23. The SMILES string of the molecule is CCCc1cc(C(=O)OCC(=O)Nc2sc3c(c2C#N)CCC3)sc1C. The van der Waals surface area contributed by atoms with Crippen LogP contribution in [-0.2, 0) is 28.8 Å². The van der Waals surface area contributed by atoms with Crippen LogP contribution in [0, 0.1) is 18.3 Å². The van der Waals surface area contributed by atoms with Gasteiger partial charge in [-0.1, -0.05) is 13.3 Å². The van der Waals surface area contributed by atoms with Crippen molar-refractivity contribution in [3.05, 3.63) is 37.4 Å². The molecule has 136 valence electrons. The molecule has 0 radical (unpaired) electrons. The maximum atomic E-state index is 12.2. The van der Waals surface area contributed by atoms with Crippen LogP contribution in [0.2, 0.25) is 0 Å². The van der Waals surface area contributed by atoms with E-state index in [1.54, 1.807) is 0 Å². The van der Waals surface area contributed by atoms with Gasteiger partial charge in [-0.25, -0.2) is 4.79 Å². The van der Waals surface area contributed by atoms with E-state index in [1.165, 1.54) is 27.6 Å². The Morgan fingerprint density at radius 1 is 1.35 bits per heavy atom. The highest BCUT2D eigenvalue weighted by Crippen LogP contribution is 2.38. The van der Waals surface area contributed by atoms with Gasteiger partial charge in [0.15, 0.2) is 6.61 Å². The number of amides is 1. The van der Waals surface area contributed by atoms with Crippen LogP contribution in [0.25, 0.3) is 0 Å². The minimum Gasteiger partial charge on any atom is -0.451 e. The van der Waals surface area contributed by atoms with Crippen molar-refractivity contribution in [2.24, 2.45) is 0 Å². The van der Waals surface area contributed by atoms with Gasteiger partial charge in [-0.2, -0.15) is 5.26 Å². The summed E-state index contributed by atoms with van der Waals surface area (Å²) in [5.41, 5.74) is 2.77. The third-order valence-corrected chi connectivity index (χ3v) is 6.64. The number of nitrogens with one attached hydrogen (secondary N) is 1. The molecule has 1 aliphatic rings. The van der Waals surface area contributed by atoms with Crippen LogP contribution in [0.5, 0.6) is 0 Å². The molecule has 2 heterocycles. The van der Waals surface area contributed by atoms with Crippen molar-refractivity contribution < 1.29 is 14.3 Å². The number of hydrogen-bond acceptors (Lipinski definition) is 6. The Kier molecular flexibility index (Phi) is 5.74. The quantitative estimate of drug-likeness (QED) is 0.751. The van der Waals surface area contributed by atoms with Crippen molar-refractivity contribution in [1.29, 1.82) is 5.26 Å². The Balaban J connectivity index is 1.59. The van der Waals surface area contributed by atoms with Gasteiger partial charge in [-0.05, 0) is 49.8 Å². The van der Waals surface area contributed by atoms with Crippen LogP contribution in [0.3, 0.4) is 0 Å². The van der Waals surface area contributed by atoms with Gasteiger partial charge in [-0.3, -0.25) is 4.79 Å². The van der Waals surface area contributed by atoms with E-state index >= 15 is 0 Å². The molecule has 0 spiro atoms. The lowest BCUT2D eigenvalue weighted by atomic mass is 10.1. The molecule has 2 aromatic rings. The number of esters is 1. The number of carbonyl (C=O) groups is 2. The third-order valence-electron chi connectivity index (χ3n) is 4.36. The Labute approximate surface area is 160 Å². The predicted molar refractivity (Wildman–Crippen MR) is 103 cm³/mol. The Hall–Kier alpha value is -2.17. The molecule has 5 nitrogen and oxygen atoms in total. The molecule has 7 heteroatoms. The number of nitriles is 1. The van der Waals surface area contributed by atoms with Gasteiger partial charge in [-0.15, -0.1) is 22.7 Å². The average molecular weight is 389 g/mol. The smallest absolute Gasteiger partial charge is 0.348 e. The number of fused-ring (bicyclic) bond motifs is 1. The largest absolute Gasteiger partial charge is 0.451 e. The lowest BCUT2D eigenvalue weighted by Gasteiger charge is -2.05. The zero-order valence-corrected chi connectivity index (χ0v) is 16.4. The van der Waals surface area contributed by atoms with Gasteiger partial charge in [0.05, 0.1) is 5.56 Å². The van der Waals surface area contributed by atoms with Gasteiger partial charge < -0.3 is 10.1 Å². The van der Waals surface area contributed by atoms with E-state index in [0.717, 1.165) is 48.1 Å². The summed E-state index contributed by atoms with van der Waals surface area (Å²) in [5, 5.41) is 12.6. The molecular weight excluding hydrogens is 368 g/mol. The van der Waals surface area contributed by atoms with Gasteiger partial charge >= 0.3 is 5.97 Å². The summed E-state index contributed by atoms with van der Waals surface area (Å²) in [5.74, 6) is -0.901. The zero-order chi connectivity index (χ0) is 18.7. The lowest BCUT2D eigenvalue weighted by Crippen LogP contribution is -2.20. The number of ether oxygens (including phenoxy) is 1. The molecule has 0 fully saturated rings. The number of aryl methyl sites for hydroxylation is 3. The van der Waals surface area contributed by atoms with E-state index in [9.17, 15) is 14.9 Å². The van der Waals surface area contributed by atoms with Crippen LogP contribution in [0.4, 0.5) is 5.00 Å². The second-order valence-electron chi connectivity index (χ2n) is 6.24. The van der Waals surface area contributed by atoms with Crippen LogP contribution in [-0.4, -0.2) is 18.5 Å². The molecule has 2 aromatic heterocycles. The van der Waals surface area contributed by atoms with Gasteiger partial charge in [0.25, 0.3) is 5.91 Å². The molecule has 0 bridgehead atoms. The van der Waals surface area contributed by atoms with Crippen LogP contribution in [0.1, 0.15) is 55.9 Å². The Bertz CT molecular complexity index is 889. The van der Waals surface area contributed by atoms with Crippen LogP contribution < -0.4 is 5.32 Å². The fourth-order valence-corrected chi connectivity index (χ4v) is 5.33. The highest BCUT2D eigenvalue weighted by atomic mass is 32.1. The Morgan fingerprint density at radius 3 is 2.88 bits per heavy atom. The molecule has 0 atom stereocenters. The number of carbonyl (C=O) groups excluding carboxylic acids is 2. The van der Waals surface area contributed by atoms with Crippen molar-refractivity contribution in [3.8, 4) is 6.07 Å². The summed E-state index contributed by atoms with van der Waals surface area (Å²) < 4.78 is 5.14. The summed E-state index contributed by atoms with van der Waals surface area (Å²) in [6, 6.07) is 4.03. The van der Waals surface area contributed by atoms with Crippen LogP contribution >= 0.6 is 22.7 Å². The molecule has 0 saturated carbocycles. The molecule has 1 amide bonds. The first-order valence-electron chi connectivity index (χ1n) is 8.64. The van der Waals surface area contributed by atoms with Crippen molar-refractivity contribution in [2.75, 3.05) is 11.9 Å². The summed E-state index contributed by atoms with van der Waals surface area (Å²) >= 11 is 2.84. The van der Waals surface area contributed by atoms with Crippen molar-refractivity contribution >= 4 is 39.6 Å². The van der Waals surface area contributed by atoms with Crippen molar-refractivity contribution in [3.63, 3.8) is 0 Å². The maximum Gasteiger partial charge on any atom is 0.348 e. The molecule has 26 heavy (non-hydrogen) atoms. The fourth-order valence-electron chi connectivity index (χ4n) is 3.11. The predicted octanol–water partition coefficient (Wildman–Crippen LogP) is 4.23. The topological polar surface area (TPSA) is 79.2 Å². The van der Waals surface area contributed by atoms with Crippen LogP contribution in [0.15, 0.2) is 6.07 Å². The standard InChI is InChI=1S/C19H20N2O3S2/c1-3-5-12-8-16(25-11(12)2)19(23)24-10-17(22)21-18-14(9-20)13-6-4-7-15(13)26-18/h8H,3-7,10H2,1-2H3,(H,21,22). The molecule has 1 aliphatic carbocycles. The van der Waals surface area contributed by atoms with Gasteiger partial charge in [0.2, 0.25) is 0 Å². The molecular formula is C19H20N2O3S2. The van der Waals surface area contributed by atoms with E-state index in [4.69, 9.17) is 4.74 Å². The lowest BCUT2D eigenvalue weighted by molar-refractivity contribution is -0.119. The average Bonchev–Trinajstić information content (AvgIpc) is 3.28. The van der Waals surface area contributed by atoms with E-state index < -0.39 is 11.9 Å². The first-order chi connectivity index (χ1) is 12.5. The summed E-state index contributed by atoms with van der Waals surface area (Å²) in [6.45, 7) is 3.72. The molecule has 3 rings (SSSR count). The summed E-state index contributed by atoms with van der Waals surface area (Å²) in [6.07, 6.45) is 4.84. The van der Waals surface area contributed by atoms with Gasteiger partial charge in [0.1, 0.15) is 15.9 Å². The fraction of sp³-hybridized carbons (Fsp3) is 0.421. The Morgan fingerprint density at radius 2 is 2.15 bits per heavy atom. The van der Waals surface area contributed by atoms with Gasteiger partial charge in [0, 0.05) is 9.75 Å². The minimum absolute atomic E-state index is 0.355. The normalized spacial score (nSPS) is 12.5. The first kappa shape index (κ1) is 18.6. The number of nitrogens with zero attached hydrogens (tertiary/aromatic N) is 1. The van der Waals surface area contributed by atoms with Crippen molar-refractivity contribution in [1.82, 2.24) is 0 Å². The molecule has 0 aliphatic heterocycles. The number of rotatable bonds is 6. The van der Waals surface area contributed by atoms with E-state index in [2.05, 4.69) is 18.3 Å². The second kappa shape index (κ2) is 8.02. The van der Waals surface area contributed by atoms with E-state index in [-0.39, 0.29) is 6.61 Å². The maximum absolute atomic E-state index is 12.2. The molecule has 0 aromatic carbocycles. The first-order valence-corrected chi connectivity index (χ1v) is 10.3. The third kappa shape index (κ3) is 3.81. The molecule has 0 unspecified atom stereocenters. The monoisotopic (exact) mass is 388 g/mol. The van der Waals surface area contributed by atoms with Crippen molar-refractivity contribution in [2.45, 2.75) is 46.0 Å². The summed E-state index contributed by atoms with van der Waals surface area (Å²) in [7, 11) is 0. The zero-order valence-electron chi connectivity index (χ0n) is 14.8. The minimum atomic E-state index is -0.482. The number of anilines is 1. The molecule has 1 N–H and O–H groups in total. The molecule has 0 saturated heterocycles. The second-order valence-corrected chi connectivity index (χ2v) is 8.60. The van der Waals surface area contributed by atoms with E-state index in [1.807, 2.05) is 13.0 Å². The van der Waals surface area contributed by atoms with E-state index in [0.29, 0.717) is 15.4 Å².